The van der Waals surface area contributed by atoms with E-state index < -0.39 is 11.8 Å². The molecule has 6 nitrogen and oxygen atoms in total. The first-order valence-corrected chi connectivity index (χ1v) is 7.82. The van der Waals surface area contributed by atoms with E-state index in [1.54, 1.807) is 24.3 Å². The molecule has 2 aromatic carbocycles. The summed E-state index contributed by atoms with van der Waals surface area (Å²) in [7, 11) is 1.92. The van der Waals surface area contributed by atoms with Gasteiger partial charge in [-0.25, -0.2) is 0 Å². The van der Waals surface area contributed by atoms with Gasteiger partial charge in [0.2, 0.25) is 0 Å². The molecule has 0 aromatic heterocycles. The molecule has 1 heterocycles. The van der Waals surface area contributed by atoms with Crippen molar-refractivity contribution in [3.8, 4) is 6.07 Å². The molecule has 3 rings (SSSR count). The number of anilines is 1. The molecule has 0 saturated carbocycles. The van der Waals surface area contributed by atoms with E-state index in [0.29, 0.717) is 24.1 Å². The predicted molar refractivity (Wildman–Crippen MR) is 94.5 cm³/mol. The molecule has 2 aromatic rings. The number of benzene rings is 2. The van der Waals surface area contributed by atoms with Gasteiger partial charge in [0.05, 0.1) is 29.8 Å². The summed E-state index contributed by atoms with van der Waals surface area (Å²) in [4.78, 5) is 26.4. The van der Waals surface area contributed by atoms with Crippen LogP contribution in [0.4, 0.5) is 5.69 Å². The van der Waals surface area contributed by atoms with Crippen LogP contribution in [0.2, 0.25) is 0 Å². The SMILES string of the molecule is CN(CCC#N)c1ccc(/C=N\N2C(=O)c3ccccc3C2=O)cc1. The smallest absolute Gasteiger partial charge is 0.282 e. The molecule has 1 aliphatic heterocycles. The Bertz CT molecular complexity index is 846. The molecule has 0 unspecified atom stereocenters. The highest BCUT2D eigenvalue weighted by Gasteiger charge is 2.35. The third-order valence-electron chi connectivity index (χ3n) is 3.99. The van der Waals surface area contributed by atoms with E-state index in [0.717, 1.165) is 16.3 Å². The number of carbonyl (C=O) groups excluding carboxylic acids is 2. The van der Waals surface area contributed by atoms with Crippen LogP contribution in [0.25, 0.3) is 0 Å². The highest BCUT2D eigenvalue weighted by molar-refractivity contribution is 6.21. The maximum atomic E-state index is 12.2. The maximum absolute atomic E-state index is 12.2. The number of fused-ring (bicyclic) bond motifs is 1. The first-order valence-electron chi connectivity index (χ1n) is 7.82. The van der Waals surface area contributed by atoms with Crippen molar-refractivity contribution in [3.63, 3.8) is 0 Å². The molecule has 0 atom stereocenters. The van der Waals surface area contributed by atoms with Gasteiger partial charge in [0.15, 0.2) is 0 Å². The summed E-state index contributed by atoms with van der Waals surface area (Å²) in [5.41, 5.74) is 2.50. The molecule has 2 amide bonds. The molecule has 0 saturated heterocycles. The standard InChI is InChI=1S/C19H16N4O2/c1-22(12-4-11-20)15-9-7-14(8-10-15)13-21-23-18(24)16-5-2-3-6-17(16)19(23)25/h2-3,5-10,13H,4,12H2,1H3/b21-13-. The average molecular weight is 332 g/mol. The van der Waals surface area contributed by atoms with Crippen molar-refractivity contribution in [3.05, 3.63) is 65.2 Å². The number of hydrogen-bond acceptors (Lipinski definition) is 5. The van der Waals surface area contributed by atoms with Crippen LogP contribution in [0.1, 0.15) is 32.7 Å². The lowest BCUT2D eigenvalue weighted by Crippen LogP contribution is -2.24. The average Bonchev–Trinajstić information content (AvgIpc) is 2.89. The normalized spacial score (nSPS) is 13.2. The van der Waals surface area contributed by atoms with Crippen molar-refractivity contribution in [2.24, 2.45) is 5.10 Å². The van der Waals surface area contributed by atoms with Crippen molar-refractivity contribution >= 4 is 23.7 Å². The van der Waals surface area contributed by atoms with Gasteiger partial charge in [-0.3, -0.25) is 9.59 Å². The highest BCUT2D eigenvalue weighted by atomic mass is 16.2. The molecule has 124 valence electrons. The van der Waals surface area contributed by atoms with Gasteiger partial charge in [0, 0.05) is 19.3 Å². The molecule has 0 bridgehead atoms. The summed E-state index contributed by atoms with van der Waals surface area (Å²) < 4.78 is 0. The van der Waals surface area contributed by atoms with Gasteiger partial charge in [0.25, 0.3) is 11.8 Å². The van der Waals surface area contributed by atoms with Crippen LogP contribution >= 0.6 is 0 Å². The quantitative estimate of drug-likeness (QED) is 0.623. The topological polar surface area (TPSA) is 76.8 Å². The second kappa shape index (κ2) is 6.97. The fraction of sp³-hybridized carbons (Fsp3) is 0.158. The van der Waals surface area contributed by atoms with E-state index >= 15 is 0 Å². The van der Waals surface area contributed by atoms with Gasteiger partial charge in [-0.05, 0) is 29.8 Å². The Kier molecular flexibility index (Phi) is 4.57. The number of nitriles is 1. The molecule has 0 aliphatic carbocycles. The van der Waals surface area contributed by atoms with Crippen LogP contribution in [0.5, 0.6) is 0 Å². The van der Waals surface area contributed by atoms with Gasteiger partial charge in [-0.15, -0.1) is 0 Å². The molecule has 0 spiro atoms. The van der Waals surface area contributed by atoms with Crippen LogP contribution in [-0.2, 0) is 0 Å². The van der Waals surface area contributed by atoms with Crippen LogP contribution < -0.4 is 4.90 Å². The third-order valence-corrected chi connectivity index (χ3v) is 3.99. The van der Waals surface area contributed by atoms with Gasteiger partial charge in [0.1, 0.15) is 0 Å². The molecule has 0 N–H and O–H groups in total. The first kappa shape index (κ1) is 16.4. The van der Waals surface area contributed by atoms with Crippen LogP contribution in [0.15, 0.2) is 53.6 Å². The monoisotopic (exact) mass is 332 g/mol. The number of hydrazone groups is 1. The van der Waals surface area contributed by atoms with Gasteiger partial charge < -0.3 is 4.90 Å². The first-order chi connectivity index (χ1) is 12.1. The molecule has 6 heteroatoms. The Labute approximate surface area is 145 Å². The molecular weight excluding hydrogens is 316 g/mol. The van der Waals surface area contributed by atoms with Crippen LogP contribution in [0.3, 0.4) is 0 Å². The Balaban J connectivity index is 1.72. The lowest BCUT2D eigenvalue weighted by atomic mass is 10.1. The summed E-state index contributed by atoms with van der Waals surface area (Å²) in [5, 5.41) is 13.6. The lowest BCUT2D eigenvalue weighted by molar-refractivity contribution is 0.0660. The lowest BCUT2D eigenvalue weighted by Gasteiger charge is -2.17. The molecule has 1 aliphatic rings. The van der Waals surface area contributed by atoms with Gasteiger partial charge >= 0.3 is 0 Å². The van der Waals surface area contributed by atoms with Crippen molar-refractivity contribution in [2.45, 2.75) is 6.42 Å². The Morgan fingerprint density at radius 2 is 1.68 bits per heavy atom. The van der Waals surface area contributed by atoms with Crippen molar-refractivity contribution in [1.29, 1.82) is 5.26 Å². The summed E-state index contributed by atoms with van der Waals surface area (Å²) in [6, 6.07) is 16.3. The van der Waals surface area contributed by atoms with E-state index in [9.17, 15) is 9.59 Å². The zero-order valence-electron chi connectivity index (χ0n) is 13.7. The second-order valence-electron chi connectivity index (χ2n) is 5.63. The number of hydrogen-bond donors (Lipinski definition) is 0. The van der Waals surface area contributed by atoms with Crippen molar-refractivity contribution in [1.82, 2.24) is 5.01 Å². The summed E-state index contributed by atoms with van der Waals surface area (Å²) in [6.07, 6.45) is 1.94. The molecule has 0 fully saturated rings. The Morgan fingerprint density at radius 3 is 2.24 bits per heavy atom. The van der Waals surface area contributed by atoms with E-state index in [1.165, 1.54) is 6.21 Å². The van der Waals surface area contributed by atoms with E-state index in [1.807, 2.05) is 36.2 Å². The fourth-order valence-corrected chi connectivity index (χ4v) is 2.57. The Hall–Kier alpha value is -3.46. The largest absolute Gasteiger partial charge is 0.374 e. The van der Waals surface area contributed by atoms with E-state index in [-0.39, 0.29) is 0 Å². The fourth-order valence-electron chi connectivity index (χ4n) is 2.57. The van der Waals surface area contributed by atoms with Gasteiger partial charge in [-0.1, -0.05) is 24.3 Å². The second-order valence-corrected chi connectivity index (χ2v) is 5.63. The maximum Gasteiger partial charge on any atom is 0.282 e. The summed E-state index contributed by atoms with van der Waals surface area (Å²) in [6.45, 7) is 0.652. The zero-order valence-corrected chi connectivity index (χ0v) is 13.7. The Morgan fingerprint density at radius 1 is 1.08 bits per heavy atom. The minimum absolute atomic E-state index is 0.374. The van der Waals surface area contributed by atoms with Crippen molar-refractivity contribution < 1.29 is 9.59 Å². The van der Waals surface area contributed by atoms with E-state index in [2.05, 4.69) is 11.2 Å². The summed E-state index contributed by atoms with van der Waals surface area (Å²) in [5.74, 6) is -0.825. The number of rotatable bonds is 5. The summed E-state index contributed by atoms with van der Waals surface area (Å²) >= 11 is 0. The number of imide groups is 1. The minimum Gasteiger partial charge on any atom is -0.374 e. The van der Waals surface area contributed by atoms with Crippen LogP contribution in [-0.4, -0.2) is 36.6 Å². The number of amides is 2. The highest BCUT2D eigenvalue weighted by Crippen LogP contribution is 2.22. The van der Waals surface area contributed by atoms with Crippen molar-refractivity contribution in [2.75, 3.05) is 18.5 Å². The molecule has 0 radical (unpaired) electrons. The zero-order chi connectivity index (χ0) is 17.8. The van der Waals surface area contributed by atoms with E-state index in [4.69, 9.17) is 5.26 Å². The van der Waals surface area contributed by atoms with Crippen LogP contribution in [0, 0.1) is 11.3 Å². The number of carbonyl (C=O) groups is 2. The number of nitrogens with zero attached hydrogens (tertiary/aromatic N) is 4. The van der Waals surface area contributed by atoms with Gasteiger partial charge in [-0.2, -0.15) is 15.4 Å². The minimum atomic E-state index is -0.412. The molecule has 25 heavy (non-hydrogen) atoms. The predicted octanol–water partition coefficient (Wildman–Crippen LogP) is 2.67. The third kappa shape index (κ3) is 3.26. The molecular formula is C19H16N4O2.